The van der Waals surface area contributed by atoms with Gasteiger partial charge in [0.25, 0.3) is 0 Å². The molecular formula is C11H8N8O. The van der Waals surface area contributed by atoms with Crippen LogP contribution in [-0.4, -0.2) is 35.2 Å². The molecule has 98 valence electrons. The standard InChI is InChI=1S/C11H8N8O/c20-11-13-7-2-1-6(5-8(7)14-11)12-9-3-4-10-15-17-18-19(10)16-9/h1-5H,(H,12,16)(H2,13,14,20). The Morgan fingerprint density at radius 1 is 1.10 bits per heavy atom. The van der Waals surface area contributed by atoms with Crippen LogP contribution in [0.2, 0.25) is 0 Å². The van der Waals surface area contributed by atoms with Crippen molar-refractivity contribution in [3.63, 3.8) is 0 Å². The fraction of sp³-hybridized carbons (Fsp3) is 0. The molecule has 0 bridgehead atoms. The first-order valence-corrected chi connectivity index (χ1v) is 5.82. The number of tetrazole rings is 1. The van der Waals surface area contributed by atoms with Crippen LogP contribution in [0.25, 0.3) is 16.7 Å². The quantitative estimate of drug-likeness (QED) is 0.485. The van der Waals surface area contributed by atoms with Gasteiger partial charge in [-0.15, -0.1) is 14.8 Å². The maximum atomic E-state index is 11.2. The van der Waals surface area contributed by atoms with Gasteiger partial charge in [0, 0.05) is 5.69 Å². The van der Waals surface area contributed by atoms with Gasteiger partial charge in [0.2, 0.25) is 0 Å². The van der Waals surface area contributed by atoms with Crippen LogP contribution in [0.4, 0.5) is 11.5 Å². The smallest absolute Gasteiger partial charge is 0.323 e. The molecule has 4 aromatic rings. The Balaban J connectivity index is 1.73. The van der Waals surface area contributed by atoms with E-state index in [9.17, 15) is 4.79 Å². The largest absolute Gasteiger partial charge is 0.339 e. The summed E-state index contributed by atoms with van der Waals surface area (Å²) in [5, 5.41) is 18.4. The summed E-state index contributed by atoms with van der Waals surface area (Å²) in [6.07, 6.45) is 0. The van der Waals surface area contributed by atoms with E-state index in [1.807, 2.05) is 18.2 Å². The molecule has 0 spiro atoms. The van der Waals surface area contributed by atoms with E-state index in [0.29, 0.717) is 11.5 Å². The molecule has 20 heavy (non-hydrogen) atoms. The summed E-state index contributed by atoms with van der Waals surface area (Å²) in [7, 11) is 0. The molecule has 3 heterocycles. The summed E-state index contributed by atoms with van der Waals surface area (Å²) in [4.78, 5) is 16.6. The minimum atomic E-state index is -0.231. The van der Waals surface area contributed by atoms with Gasteiger partial charge in [-0.2, -0.15) is 0 Å². The van der Waals surface area contributed by atoms with Crippen LogP contribution in [0.15, 0.2) is 35.1 Å². The molecule has 0 fully saturated rings. The van der Waals surface area contributed by atoms with Gasteiger partial charge in [-0.3, -0.25) is 0 Å². The van der Waals surface area contributed by atoms with Crippen molar-refractivity contribution >= 4 is 28.2 Å². The molecule has 9 nitrogen and oxygen atoms in total. The molecule has 0 aliphatic rings. The van der Waals surface area contributed by atoms with Crippen molar-refractivity contribution in [2.45, 2.75) is 0 Å². The molecule has 0 amide bonds. The van der Waals surface area contributed by atoms with E-state index in [4.69, 9.17) is 0 Å². The SMILES string of the molecule is O=c1[nH]c2ccc(Nc3ccc4nnnn4n3)cc2[nH]1. The monoisotopic (exact) mass is 268 g/mol. The van der Waals surface area contributed by atoms with E-state index in [-0.39, 0.29) is 5.69 Å². The number of nitrogens with one attached hydrogen (secondary N) is 3. The number of nitrogens with zero attached hydrogens (tertiary/aromatic N) is 5. The van der Waals surface area contributed by atoms with E-state index >= 15 is 0 Å². The van der Waals surface area contributed by atoms with Crippen molar-refractivity contribution in [2.75, 3.05) is 5.32 Å². The minimum Gasteiger partial charge on any atom is -0.339 e. The molecule has 0 radical (unpaired) electrons. The molecule has 3 aromatic heterocycles. The van der Waals surface area contributed by atoms with Gasteiger partial charge in [0.15, 0.2) is 11.5 Å². The molecule has 3 N–H and O–H groups in total. The summed E-state index contributed by atoms with van der Waals surface area (Å²) in [6.45, 7) is 0. The molecule has 9 heteroatoms. The molecule has 0 aliphatic heterocycles. The van der Waals surface area contributed by atoms with Gasteiger partial charge in [0.1, 0.15) is 0 Å². The maximum absolute atomic E-state index is 11.2. The van der Waals surface area contributed by atoms with E-state index in [2.05, 4.69) is 35.9 Å². The van der Waals surface area contributed by atoms with Crippen molar-refractivity contribution in [1.82, 2.24) is 35.2 Å². The fourth-order valence-electron chi connectivity index (χ4n) is 1.97. The minimum absolute atomic E-state index is 0.231. The zero-order valence-electron chi connectivity index (χ0n) is 10.0. The maximum Gasteiger partial charge on any atom is 0.323 e. The number of hydrogen-bond acceptors (Lipinski definition) is 6. The Morgan fingerprint density at radius 2 is 2.00 bits per heavy atom. The predicted octanol–water partition coefficient (Wildman–Crippen LogP) is 0.432. The average molecular weight is 268 g/mol. The first-order valence-electron chi connectivity index (χ1n) is 5.82. The average Bonchev–Trinajstić information content (AvgIpc) is 3.02. The van der Waals surface area contributed by atoms with Crippen LogP contribution >= 0.6 is 0 Å². The lowest BCUT2D eigenvalue weighted by Gasteiger charge is -2.04. The van der Waals surface area contributed by atoms with Gasteiger partial charge < -0.3 is 15.3 Å². The second-order valence-corrected chi connectivity index (χ2v) is 4.21. The lowest BCUT2D eigenvalue weighted by Crippen LogP contribution is -2.00. The third-order valence-corrected chi connectivity index (χ3v) is 2.86. The summed E-state index contributed by atoms with van der Waals surface area (Å²) in [5.41, 5.74) is 2.62. The second-order valence-electron chi connectivity index (χ2n) is 4.21. The van der Waals surface area contributed by atoms with Crippen LogP contribution in [0.1, 0.15) is 0 Å². The number of fused-ring (bicyclic) bond motifs is 2. The third kappa shape index (κ3) is 1.68. The second kappa shape index (κ2) is 3.88. The number of hydrogen-bond donors (Lipinski definition) is 3. The summed E-state index contributed by atoms with van der Waals surface area (Å²) in [5.74, 6) is 0.599. The summed E-state index contributed by atoms with van der Waals surface area (Å²) in [6, 6.07) is 9.00. The predicted molar refractivity (Wildman–Crippen MR) is 70.8 cm³/mol. The normalized spacial score (nSPS) is 11.2. The highest BCUT2D eigenvalue weighted by molar-refractivity contribution is 5.79. The Labute approximate surface area is 110 Å². The molecule has 0 atom stereocenters. The fourth-order valence-corrected chi connectivity index (χ4v) is 1.97. The Kier molecular flexibility index (Phi) is 2.07. The highest BCUT2D eigenvalue weighted by Crippen LogP contribution is 2.18. The van der Waals surface area contributed by atoms with Crippen LogP contribution in [0, 0.1) is 0 Å². The zero-order valence-corrected chi connectivity index (χ0v) is 10.0. The van der Waals surface area contributed by atoms with E-state index in [0.717, 1.165) is 16.7 Å². The van der Waals surface area contributed by atoms with Crippen molar-refractivity contribution in [3.8, 4) is 0 Å². The van der Waals surface area contributed by atoms with Crippen LogP contribution < -0.4 is 11.0 Å². The summed E-state index contributed by atoms with van der Waals surface area (Å²) < 4.78 is 1.33. The zero-order chi connectivity index (χ0) is 13.5. The highest BCUT2D eigenvalue weighted by Gasteiger charge is 2.03. The lowest BCUT2D eigenvalue weighted by molar-refractivity contribution is 0.736. The number of aromatic nitrogens is 7. The van der Waals surface area contributed by atoms with Gasteiger partial charge in [-0.1, -0.05) is 0 Å². The van der Waals surface area contributed by atoms with Crippen molar-refractivity contribution in [3.05, 3.63) is 40.8 Å². The van der Waals surface area contributed by atoms with Gasteiger partial charge in [-0.05, 0) is 40.8 Å². The Bertz CT molecular complexity index is 965. The molecule has 0 saturated carbocycles. The third-order valence-electron chi connectivity index (χ3n) is 2.86. The molecule has 0 saturated heterocycles. The first kappa shape index (κ1) is 10.7. The van der Waals surface area contributed by atoms with Crippen molar-refractivity contribution in [1.29, 1.82) is 0 Å². The molecule has 4 rings (SSSR count). The van der Waals surface area contributed by atoms with Crippen molar-refractivity contribution < 1.29 is 0 Å². The Hall–Kier alpha value is -3.23. The lowest BCUT2D eigenvalue weighted by atomic mass is 10.3. The van der Waals surface area contributed by atoms with Gasteiger partial charge in [0.05, 0.1) is 11.0 Å². The number of imidazole rings is 1. The number of rotatable bonds is 2. The number of H-pyrrole nitrogens is 2. The van der Waals surface area contributed by atoms with Crippen molar-refractivity contribution in [2.24, 2.45) is 0 Å². The highest BCUT2D eigenvalue weighted by atomic mass is 16.1. The molecular weight excluding hydrogens is 260 g/mol. The molecule has 1 aromatic carbocycles. The number of anilines is 2. The van der Waals surface area contributed by atoms with Crippen LogP contribution in [-0.2, 0) is 0 Å². The van der Waals surface area contributed by atoms with E-state index in [1.165, 1.54) is 4.63 Å². The van der Waals surface area contributed by atoms with Gasteiger partial charge >= 0.3 is 5.69 Å². The summed E-state index contributed by atoms with van der Waals surface area (Å²) >= 11 is 0. The number of aromatic amines is 2. The van der Waals surface area contributed by atoms with E-state index in [1.54, 1.807) is 12.1 Å². The molecule has 0 unspecified atom stereocenters. The topological polar surface area (TPSA) is 117 Å². The number of benzene rings is 1. The Morgan fingerprint density at radius 3 is 2.95 bits per heavy atom. The van der Waals surface area contributed by atoms with Crippen LogP contribution in [0.5, 0.6) is 0 Å². The van der Waals surface area contributed by atoms with Crippen LogP contribution in [0.3, 0.4) is 0 Å². The molecule has 0 aliphatic carbocycles. The van der Waals surface area contributed by atoms with E-state index < -0.39 is 0 Å². The van der Waals surface area contributed by atoms with Gasteiger partial charge in [-0.25, -0.2) is 4.79 Å². The first-order chi connectivity index (χ1) is 9.78.